The van der Waals surface area contributed by atoms with Crippen molar-refractivity contribution in [2.75, 3.05) is 0 Å². The van der Waals surface area contributed by atoms with E-state index in [2.05, 4.69) is 50.2 Å². The van der Waals surface area contributed by atoms with Crippen LogP contribution in [0.15, 0.2) is 48.5 Å². The largest absolute Gasteiger partial charge is 0.239 e. The highest BCUT2D eigenvalue weighted by Crippen LogP contribution is 2.44. The minimum absolute atomic E-state index is 0.683. The molecule has 25 heavy (non-hydrogen) atoms. The van der Waals surface area contributed by atoms with Crippen LogP contribution in [0.2, 0.25) is 0 Å². The van der Waals surface area contributed by atoms with Gasteiger partial charge < -0.3 is 0 Å². The third-order valence-corrected chi connectivity index (χ3v) is 5.82. The minimum Gasteiger partial charge on any atom is -0.239 e. The van der Waals surface area contributed by atoms with E-state index < -0.39 is 5.67 Å². The molecule has 0 saturated heterocycles. The maximum Gasteiger partial charge on any atom is 0.136 e. The van der Waals surface area contributed by atoms with Gasteiger partial charge in [0.1, 0.15) is 5.67 Å². The lowest BCUT2D eigenvalue weighted by Gasteiger charge is -2.34. The highest BCUT2D eigenvalue weighted by Gasteiger charge is 2.36. The van der Waals surface area contributed by atoms with Crippen LogP contribution in [0.3, 0.4) is 0 Å². The van der Waals surface area contributed by atoms with Crippen LogP contribution in [0.25, 0.3) is 11.1 Å². The van der Waals surface area contributed by atoms with Gasteiger partial charge in [0, 0.05) is 0 Å². The van der Waals surface area contributed by atoms with Gasteiger partial charge in [-0.1, -0.05) is 81.6 Å². The van der Waals surface area contributed by atoms with E-state index >= 15 is 4.39 Å². The Hall–Kier alpha value is -1.63. The molecule has 3 rings (SSSR count). The molecule has 0 amide bonds. The minimum atomic E-state index is -1.12. The third-order valence-electron chi connectivity index (χ3n) is 5.82. The van der Waals surface area contributed by atoms with E-state index in [1.54, 1.807) is 0 Å². The lowest BCUT2D eigenvalue weighted by Crippen LogP contribution is -2.27. The van der Waals surface area contributed by atoms with E-state index in [0.717, 1.165) is 30.7 Å². The normalized spacial score (nSPS) is 23.6. The summed E-state index contributed by atoms with van der Waals surface area (Å²) < 4.78 is 15.4. The van der Waals surface area contributed by atoms with Gasteiger partial charge in [0.25, 0.3) is 0 Å². The lowest BCUT2D eigenvalue weighted by atomic mass is 9.75. The van der Waals surface area contributed by atoms with Gasteiger partial charge in [0.05, 0.1) is 0 Å². The second-order valence-corrected chi connectivity index (χ2v) is 7.72. The second kappa shape index (κ2) is 8.17. The fourth-order valence-corrected chi connectivity index (χ4v) is 4.23. The van der Waals surface area contributed by atoms with Crippen LogP contribution < -0.4 is 0 Å². The summed E-state index contributed by atoms with van der Waals surface area (Å²) in [6.07, 6.45) is 8.20. The van der Waals surface area contributed by atoms with Gasteiger partial charge in [-0.05, 0) is 60.3 Å². The molecule has 0 aliphatic heterocycles. The van der Waals surface area contributed by atoms with Crippen LogP contribution in [0.4, 0.5) is 4.39 Å². The van der Waals surface area contributed by atoms with Gasteiger partial charge in [-0.3, -0.25) is 0 Å². The number of benzene rings is 2. The van der Waals surface area contributed by atoms with E-state index in [0.29, 0.717) is 12.8 Å². The predicted molar refractivity (Wildman–Crippen MR) is 106 cm³/mol. The van der Waals surface area contributed by atoms with E-state index in [4.69, 9.17) is 0 Å². The summed E-state index contributed by atoms with van der Waals surface area (Å²) in [5.41, 5.74) is 3.53. The topological polar surface area (TPSA) is 0 Å². The van der Waals surface area contributed by atoms with Crippen LogP contribution in [0.5, 0.6) is 0 Å². The number of halogens is 1. The summed E-state index contributed by atoms with van der Waals surface area (Å²) in [5.74, 6) is 0.731. The molecule has 1 heteroatoms. The molecular formula is C24H31F. The Bertz CT molecular complexity index is 645. The Balaban J connectivity index is 1.69. The summed E-state index contributed by atoms with van der Waals surface area (Å²) >= 11 is 0. The van der Waals surface area contributed by atoms with Crippen LogP contribution >= 0.6 is 0 Å². The van der Waals surface area contributed by atoms with Crippen molar-refractivity contribution in [2.24, 2.45) is 5.92 Å². The Kier molecular flexibility index (Phi) is 5.93. The summed E-state index contributed by atoms with van der Waals surface area (Å²) in [5, 5.41) is 0. The number of hydrogen-bond acceptors (Lipinski definition) is 0. The zero-order valence-corrected chi connectivity index (χ0v) is 15.7. The van der Waals surface area contributed by atoms with Gasteiger partial charge in [-0.15, -0.1) is 0 Å². The molecule has 0 unspecified atom stereocenters. The molecule has 0 radical (unpaired) electrons. The van der Waals surface area contributed by atoms with Crippen molar-refractivity contribution >= 4 is 0 Å². The molecule has 1 aliphatic carbocycles. The maximum absolute atomic E-state index is 15.4. The predicted octanol–water partition coefficient (Wildman–Crippen LogP) is 7.46. The van der Waals surface area contributed by atoms with Gasteiger partial charge in [0.2, 0.25) is 0 Å². The first kappa shape index (κ1) is 18.2. The van der Waals surface area contributed by atoms with Crippen molar-refractivity contribution in [3.63, 3.8) is 0 Å². The van der Waals surface area contributed by atoms with E-state index in [9.17, 15) is 0 Å². The molecule has 0 nitrogen and oxygen atoms in total. The molecule has 0 spiro atoms. The lowest BCUT2D eigenvalue weighted by molar-refractivity contribution is 0.0793. The first-order valence-electron chi connectivity index (χ1n) is 10.0. The molecule has 0 atom stereocenters. The molecule has 1 saturated carbocycles. The smallest absolute Gasteiger partial charge is 0.136 e. The van der Waals surface area contributed by atoms with Crippen molar-refractivity contribution in [3.8, 4) is 11.1 Å². The van der Waals surface area contributed by atoms with Crippen molar-refractivity contribution in [3.05, 3.63) is 59.7 Å². The zero-order valence-electron chi connectivity index (χ0n) is 15.7. The Morgan fingerprint density at radius 1 is 0.840 bits per heavy atom. The van der Waals surface area contributed by atoms with Gasteiger partial charge >= 0.3 is 0 Å². The van der Waals surface area contributed by atoms with Crippen molar-refractivity contribution < 1.29 is 4.39 Å². The molecular weight excluding hydrogens is 307 g/mol. The highest BCUT2D eigenvalue weighted by atomic mass is 19.1. The number of hydrogen-bond donors (Lipinski definition) is 0. The van der Waals surface area contributed by atoms with Crippen molar-refractivity contribution in [1.29, 1.82) is 0 Å². The van der Waals surface area contributed by atoms with Crippen LogP contribution in [0, 0.1) is 5.92 Å². The number of rotatable bonds is 6. The molecule has 1 fully saturated rings. The Labute approximate surface area is 152 Å². The monoisotopic (exact) mass is 338 g/mol. The fraction of sp³-hybridized carbons (Fsp3) is 0.500. The van der Waals surface area contributed by atoms with Gasteiger partial charge in [-0.25, -0.2) is 4.39 Å². The van der Waals surface area contributed by atoms with Crippen LogP contribution in [-0.4, -0.2) is 0 Å². The second-order valence-electron chi connectivity index (χ2n) is 7.72. The Morgan fingerprint density at radius 3 is 1.92 bits per heavy atom. The van der Waals surface area contributed by atoms with E-state index in [1.165, 1.54) is 36.0 Å². The first-order chi connectivity index (χ1) is 12.1. The van der Waals surface area contributed by atoms with Gasteiger partial charge in [-0.2, -0.15) is 0 Å². The molecule has 1 aliphatic rings. The molecule has 2 aromatic carbocycles. The van der Waals surface area contributed by atoms with E-state index in [1.807, 2.05) is 12.1 Å². The van der Waals surface area contributed by atoms with Crippen LogP contribution in [-0.2, 0) is 12.1 Å². The molecule has 134 valence electrons. The summed E-state index contributed by atoms with van der Waals surface area (Å²) in [6.45, 7) is 4.43. The molecule has 2 aromatic rings. The zero-order chi connectivity index (χ0) is 17.7. The van der Waals surface area contributed by atoms with Crippen LogP contribution in [0.1, 0.15) is 69.9 Å². The maximum atomic E-state index is 15.4. The highest BCUT2D eigenvalue weighted by molar-refractivity contribution is 5.64. The molecule has 0 bridgehead atoms. The quantitative estimate of drug-likeness (QED) is 0.512. The summed E-state index contributed by atoms with van der Waals surface area (Å²) in [4.78, 5) is 0. The third kappa shape index (κ3) is 4.32. The molecule has 0 N–H and O–H groups in total. The average Bonchev–Trinajstić information content (AvgIpc) is 2.65. The Morgan fingerprint density at radius 2 is 1.40 bits per heavy atom. The standard InChI is InChI=1S/C24H31F/c1-3-5-19-7-9-21(10-8-19)22-11-13-23(14-12-22)24(25)17-15-20(6-4-2)16-18-24/h7-14,20H,3-6,15-18H2,1-2H3. The van der Waals surface area contributed by atoms with Gasteiger partial charge in [0.15, 0.2) is 0 Å². The first-order valence-corrected chi connectivity index (χ1v) is 10.0. The van der Waals surface area contributed by atoms with E-state index in [-0.39, 0.29) is 0 Å². The number of alkyl halides is 1. The SMILES string of the molecule is CCCc1ccc(-c2ccc(C3(F)CCC(CCC)CC3)cc2)cc1. The summed E-state index contributed by atoms with van der Waals surface area (Å²) in [7, 11) is 0. The fourth-order valence-electron chi connectivity index (χ4n) is 4.23. The molecule has 0 aromatic heterocycles. The number of aryl methyl sites for hydroxylation is 1. The summed E-state index contributed by atoms with van der Waals surface area (Å²) in [6, 6.07) is 17.0. The van der Waals surface area contributed by atoms with Crippen molar-refractivity contribution in [1.82, 2.24) is 0 Å². The molecule has 0 heterocycles. The average molecular weight is 339 g/mol. The van der Waals surface area contributed by atoms with Crippen molar-refractivity contribution in [2.45, 2.75) is 70.9 Å².